The molecular weight excluding hydrogens is 717 g/mol. The van der Waals surface area contributed by atoms with Crippen LogP contribution in [0.1, 0.15) is 23.6 Å². The Morgan fingerprint density at radius 1 is 0.424 bits per heavy atom. The second-order valence-corrected chi connectivity index (χ2v) is 15.8. The molecule has 1 atom stereocenters. The molecule has 0 aliphatic heterocycles. The van der Waals surface area contributed by atoms with Crippen molar-refractivity contribution >= 4 is 43.5 Å². The zero-order valence-corrected chi connectivity index (χ0v) is 32.4. The monoisotopic (exact) mass is 752 g/mol. The van der Waals surface area contributed by atoms with Gasteiger partial charge in [0.15, 0.2) is 5.82 Å². The molecule has 11 aromatic rings. The molecule has 12 rings (SSSR count). The fraction of sp³-hybridized carbons (Fsp3) is 0.0357. The highest BCUT2D eigenvalue weighted by Crippen LogP contribution is 2.55. The van der Waals surface area contributed by atoms with Crippen molar-refractivity contribution in [1.82, 2.24) is 9.97 Å². The fourth-order valence-electron chi connectivity index (χ4n) is 9.75. The van der Waals surface area contributed by atoms with Crippen LogP contribution in [0, 0.1) is 0 Å². The van der Waals surface area contributed by atoms with E-state index in [1.54, 1.807) is 0 Å². The first-order valence-electron chi connectivity index (χ1n) is 20.2. The number of furan rings is 1. The first-order valence-corrected chi connectivity index (χ1v) is 20.2. The fourth-order valence-corrected chi connectivity index (χ4v) is 9.75. The summed E-state index contributed by atoms with van der Waals surface area (Å²) in [5.41, 5.74) is 14.7. The Morgan fingerprint density at radius 2 is 1.07 bits per heavy atom. The highest BCUT2D eigenvalue weighted by molar-refractivity contribution is 6.24. The molecule has 2 aromatic heterocycles. The van der Waals surface area contributed by atoms with Gasteiger partial charge in [0.25, 0.3) is 0 Å². The van der Waals surface area contributed by atoms with Crippen LogP contribution >= 0.6 is 0 Å². The lowest BCUT2D eigenvalue weighted by Gasteiger charge is -2.28. The third-order valence-corrected chi connectivity index (χ3v) is 12.6. The summed E-state index contributed by atoms with van der Waals surface area (Å²) >= 11 is 0. The topological polar surface area (TPSA) is 38.9 Å². The Bertz CT molecular complexity index is 3460. The molecule has 0 amide bonds. The Kier molecular flexibility index (Phi) is 7.36. The minimum atomic E-state index is -0.312. The molecule has 0 radical (unpaired) electrons. The van der Waals surface area contributed by atoms with Crippen LogP contribution in [0.5, 0.6) is 0 Å². The third kappa shape index (κ3) is 5.08. The molecule has 9 aromatic carbocycles. The van der Waals surface area contributed by atoms with Crippen molar-refractivity contribution in [3.05, 3.63) is 217 Å². The van der Waals surface area contributed by atoms with Gasteiger partial charge in [0.05, 0.1) is 11.4 Å². The Balaban J connectivity index is 1.04. The third-order valence-electron chi connectivity index (χ3n) is 12.6. The zero-order chi connectivity index (χ0) is 39.1. The van der Waals surface area contributed by atoms with E-state index in [9.17, 15) is 0 Å². The van der Waals surface area contributed by atoms with E-state index in [2.05, 4.69) is 189 Å². The van der Waals surface area contributed by atoms with Crippen molar-refractivity contribution in [3.63, 3.8) is 0 Å². The van der Waals surface area contributed by atoms with Crippen molar-refractivity contribution in [1.29, 1.82) is 0 Å². The Hall–Kier alpha value is -7.62. The van der Waals surface area contributed by atoms with Gasteiger partial charge in [0.2, 0.25) is 0 Å². The maximum atomic E-state index is 6.75. The van der Waals surface area contributed by atoms with E-state index < -0.39 is 0 Å². The minimum absolute atomic E-state index is 0.312. The molecule has 2 heterocycles. The second kappa shape index (κ2) is 13.0. The lowest BCUT2D eigenvalue weighted by molar-refractivity contribution is 0.670. The summed E-state index contributed by atoms with van der Waals surface area (Å²) in [6, 6.07) is 71.4. The van der Waals surface area contributed by atoms with Crippen LogP contribution in [0.15, 0.2) is 205 Å². The number of fused-ring (bicyclic) bond motifs is 10. The molecular formula is C56H36N2O. The van der Waals surface area contributed by atoms with E-state index in [1.807, 2.05) is 18.2 Å². The number of hydrogen-bond acceptors (Lipinski definition) is 3. The average molecular weight is 753 g/mol. The van der Waals surface area contributed by atoms with Crippen LogP contribution in [0.25, 0.3) is 99.6 Å². The number of rotatable bonds is 5. The number of aromatic nitrogens is 2. The van der Waals surface area contributed by atoms with Crippen LogP contribution in [0.4, 0.5) is 0 Å². The highest BCUT2D eigenvalue weighted by atomic mass is 16.3. The number of para-hydroxylation sites is 1. The van der Waals surface area contributed by atoms with Gasteiger partial charge in [-0.2, -0.15) is 0 Å². The first kappa shape index (κ1) is 33.5. The molecule has 59 heavy (non-hydrogen) atoms. The van der Waals surface area contributed by atoms with Crippen LogP contribution < -0.4 is 0 Å². The van der Waals surface area contributed by atoms with Crippen molar-refractivity contribution < 1.29 is 4.42 Å². The van der Waals surface area contributed by atoms with Crippen LogP contribution in [-0.2, 0) is 5.41 Å². The zero-order valence-electron chi connectivity index (χ0n) is 32.4. The summed E-state index contributed by atoms with van der Waals surface area (Å²) in [7, 11) is 0. The van der Waals surface area contributed by atoms with Crippen LogP contribution in [0.2, 0.25) is 0 Å². The molecule has 0 N–H and O–H groups in total. The van der Waals surface area contributed by atoms with Crippen LogP contribution in [-0.4, -0.2) is 9.97 Å². The van der Waals surface area contributed by atoms with Gasteiger partial charge in [-0.15, -0.1) is 0 Å². The molecule has 0 spiro atoms. The SMILES string of the molecule is CC1(c2ccccc2)c2ccccc2-c2c(-c3cc(-c4cccc(-c5cccc6c5oc5ccc7c8ccccc8ccc7c56)c4)nc(-c4ccccc4)n3)cccc21. The van der Waals surface area contributed by atoms with Gasteiger partial charge in [-0.25, -0.2) is 9.97 Å². The standard InChI is InChI=1S/C56H36N2O/c1-56(39-20-6-3-7-21-39)47-27-11-10-23-44(47)52-45(25-14-28-48(52)56)50-34-49(57-55(58-50)36-16-4-2-5-17-36)38-19-12-18-37(33-38)41-24-13-26-46-53-43-30-29-35-15-8-9-22-40(35)42(43)31-32-51(53)59-54(41)46/h2-34H,1H3. The predicted molar refractivity (Wildman–Crippen MR) is 243 cm³/mol. The summed E-state index contributed by atoms with van der Waals surface area (Å²) in [5.74, 6) is 0.692. The van der Waals surface area contributed by atoms with Gasteiger partial charge in [-0.05, 0) is 80.0 Å². The summed E-state index contributed by atoms with van der Waals surface area (Å²) < 4.78 is 6.75. The Labute approximate surface area is 341 Å². The van der Waals surface area contributed by atoms with E-state index in [0.29, 0.717) is 5.82 Å². The summed E-state index contributed by atoms with van der Waals surface area (Å²) in [5, 5.41) is 7.18. The molecule has 0 saturated heterocycles. The smallest absolute Gasteiger partial charge is 0.160 e. The molecule has 276 valence electrons. The Morgan fingerprint density at radius 3 is 1.97 bits per heavy atom. The van der Waals surface area contributed by atoms with Crippen molar-refractivity contribution in [2.45, 2.75) is 12.3 Å². The van der Waals surface area contributed by atoms with E-state index in [0.717, 1.165) is 61.1 Å². The van der Waals surface area contributed by atoms with Gasteiger partial charge < -0.3 is 4.42 Å². The van der Waals surface area contributed by atoms with Gasteiger partial charge in [0.1, 0.15) is 11.2 Å². The average Bonchev–Trinajstić information content (AvgIpc) is 3.83. The molecule has 0 fully saturated rings. The van der Waals surface area contributed by atoms with Gasteiger partial charge in [-0.1, -0.05) is 182 Å². The normalized spacial score (nSPS) is 14.6. The van der Waals surface area contributed by atoms with Gasteiger partial charge in [-0.3, -0.25) is 0 Å². The van der Waals surface area contributed by atoms with Gasteiger partial charge >= 0.3 is 0 Å². The quantitative estimate of drug-likeness (QED) is 0.164. The van der Waals surface area contributed by atoms with Crippen LogP contribution in [0.3, 0.4) is 0 Å². The maximum Gasteiger partial charge on any atom is 0.160 e. The van der Waals surface area contributed by atoms with E-state index in [4.69, 9.17) is 14.4 Å². The largest absolute Gasteiger partial charge is 0.455 e. The summed E-state index contributed by atoms with van der Waals surface area (Å²) in [4.78, 5) is 10.6. The van der Waals surface area contributed by atoms with Crippen molar-refractivity contribution in [2.24, 2.45) is 0 Å². The van der Waals surface area contributed by atoms with E-state index in [1.165, 1.54) is 49.4 Å². The lowest BCUT2D eigenvalue weighted by Crippen LogP contribution is -2.22. The number of nitrogens with zero attached hydrogens (tertiary/aromatic N) is 2. The molecule has 1 unspecified atom stereocenters. The highest BCUT2D eigenvalue weighted by Gasteiger charge is 2.41. The van der Waals surface area contributed by atoms with E-state index in [-0.39, 0.29) is 5.41 Å². The first-order chi connectivity index (χ1) is 29.1. The number of hydrogen-bond donors (Lipinski definition) is 0. The maximum absolute atomic E-state index is 6.75. The molecule has 3 nitrogen and oxygen atoms in total. The predicted octanol–water partition coefficient (Wildman–Crippen LogP) is 14.7. The summed E-state index contributed by atoms with van der Waals surface area (Å²) in [6.07, 6.45) is 0. The summed E-state index contributed by atoms with van der Waals surface area (Å²) in [6.45, 7) is 2.36. The van der Waals surface area contributed by atoms with Crippen molar-refractivity contribution in [2.75, 3.05) is 0 Å². The molecule has 1 aliphatic carbocycles. The van der Waals surface area contributed by atoms with E-state index >= 15 is 0 Å². The second-order valence-electron chi connectivity index (χ2n) is 15.8. The lowest BCUT2D eigenvalue weighted by atomic mass is 9.74. The minimum Gasteiger partial charge on any atom is -0.455 e. The van der Waals surface area contributed by atoms with Crippen molar-refractivity contribution in [3.8, 4) is 56.2 Å². The van der Waals surface area contributed by atoms with Gasteiger partial charge in [0, 0.05) is 38.4 Å². The molecule has 1 aliphatic rings. The molecule has 0 bridgehead atoms. The molecule has 0 saturated carbocycles. The number of benzene rings is 9. The molecule has 3 heteroatoms.